The molecule has 0 radical (unpaired) electrons. The van der Waals surface area contributed by atoms with Crippen LogP contribution in [-0.2, 0) is 9.53 Å². The number of amides is 1. The molecule has 0 aliphatic carbocycles. The van der Waals surface area contributed by atoms with Crippen LogP contribution in [-0.4, -0.2) is 78.1 Å². The zero-order chi connectivity index (χ0) is 26.6. The fourth-order valence-electron chi connectivity index (χ4n) is 4.62. The van der Waals surface area contributed by atoms with Crippen molar-refractivity contribution in [3.05, 3.63) is 69.5 Å². The van der Waals surface area contributed by atoms with Crippen LogP contribution in [0.15, 0.2) is 58.4 Å². The molecule has 0 spiro atoms. The highest BCUT2D eigenvalue weighted by atomic mass is 32.2. The zero-order valence-corrected chi connectivity index (χ0v) is 23.0. The van der Waals surface area contributed by atoms with Crippen molar-refractivity contribution < 1.29 is 14.3 Å². The third kappa shape index (κ3) is 5.27. The standard InChI is InChI=1S/C27H29N5O4S2/c1-35-17-5-12-32-26(34)22(38-27(32)37)18-21-24(28-23-6-3-4-11-31(23)25(21)33)30-15-13-29(14-16-30)19-7-9-20(36-2)10-8-19/h3-4,6-11,18H,5,12-17H2,1-2H3/b22-18+. The molecule has 1 aromatic carbocycles. The Hall–Kier alpha value is -3.41. The van der Waals surface area contributed by atoms with Gasteiger partial charge in [0.15, 0.2) is 0 Å². The molecule has 1 amide bonds. The number of benzene rings is 1. The van der Waals surface area contributed by atoms with Gasteiger partial charge in [0.2, 0.25) is 0 Å². The number of carbonyl (C=O) groups excluding carboxylic acids is 1. The van der Waals surface area contributed by atoms with Crippen LogP contribution < -0.4 is 20.1 Å². The quantitative estimate of drug-likeness (QED) is 0.238. The second kappa shape index (κ2) is 11.5. The number of aromatic nitrogens is 2. The van der Waals surface area contributed by atoms with E-state index in [0.29, 0.717) is 58.9 Å². The minimum absolute atomic E-state index is 0.191. The highest BCUT2D eigenvalue weighted by Gasteiger charge is 2.33. The SMILES string of the molecule is COCCCN1C(=O)/C(=C\c2c(N3CCN(c4ccc(OC)cc4)CC3)nc3ccccn3c2=O)SC1=S. The van der Waals surface area contributed by atoms with Gasteiger partial charge in [0.05, 0.1) is 17.6 Å². The van der Waals surface area contributed by atoms with E-state index in [1.165, 1.54) is 16.2 Å². The normalized spacial score (nSPS) is 17.2. The molecule has 2 aromatic heterocycles. The summed E-state index contributed by atoms with van der Waals surface area (Å²) >= 11 is 6.69. The van der Waals surface area contributed by atoms with Crippen LogP contribution in [0.4, 0.5) is 11.5 Å². The van der Waals surface area contributed by atoms with E-state index in [1.807, 2.05) is 24.3 Å². The van der Waals surface area contributed by atoms with Crippen molar-refractivity contribution in [2.75, 3.05) is 63.4 Å². The maximum atomic E-state index is 13.7. The van der Waals surface area contributed by atoms with E-state index in [4.69, 9.17) is 26.7 Å². The lowest BCUT2D eigenvalue weighted by Gasteiger charge is -2.37. The Bertz CT molecular complexity index is 1430. The highest BCUT2D eigenvalue weighted by Crippen LogP contribution is 2.34. The second-order valence-corrected chi connectivity index (χ2v) is 10.6. The molecule has 3 aromatic rings. The largest absolute Gasteiger partial charge is 0.497 e. The summed E-state index contributed by atoms with van der Waals surface area (Å²) in [6.07, 6.45) is 4.04. The Morgan fingerprint density at radius 2 is 1.76 bits per heavy atom. The van der Waals surface area contributed by atoms with Gasteiger partial charge < -0.3 is 19.3 Å². The molecule has 0 saturated carbocycles. The fourth-order valence-corrected chi connectivity index (χ4v) is 5.91. The van der Waals surface area contributed by atoms with E-state index in [1.54, 1.807) is 37.5 Å². The highest BCUT2D eigenvalue weighted by molar-refractivity contribution is 8.26. The van der Waals surface area contributed by atoms with Gasteiger partial charge in [0.1, 0.15) is 21.5 Å². The molecule has 2 aliphatic rings. The molecule has 0 unspecified atom stereocenters. The summed E-state index contributed by atoms with van der Waals surface area (Å²) in [4.78, 5) is 38.1. The summed E-state index contributed by atoms with van der Waals surface area (Å²) in [6.45, 7) is 3.91. The first-order valence-corrected chi connectivity index (χ1v) is 13.6. The van der Waals surface area contributed by atoms with Crippen LogP contribution >= 0.6 is 24.0 Å². The first-order valence-electron chi connectivity index (χ1n) is 12.4. The summed E-state index contributed by atoms with van der Waals surface area (Å²) in [5.74, 6) is 1.21. The van der Waals surface area contributed by atoms with Gasteiger partial charge in [-0.05, 0) is 48.9 Å². The molecule has 2 saturated heterocycles. The first-order chi connectivity index (χ1) is 18.5. The Labute approximate surface area is 230 Å². The van der Waals surface area contributed by atoms with Gasteiger partial charge in [-0.15, -0.1) is 0 Å². The number of thiocarbonyl (C=S) groups is 1. The van der Waals surface area contributed by atoms with Crippen molar-refractivity contribution in [3.8, 4) is 5.75 Å². The number of nitrogens with zero attached hydrogens (tertiary/aromatic N) is 5. The van der Waals surface area contributed by atoms with Crippen LogP contribution in [0.25, 0.3) is 11.7 Å². The third-order valence-corrected chi connectivity index (χ3v) is 8.02. The number of thioether (sulfide) groups is 1. The summed E-state index contributed by atoms with van der Waals surface area (Å²) in [6, 6.07) is 13.5. The number of anilines is 2. The number of piperazine rings is 1. The molecule has 198 valence electrons. The number of ether oxygens (including phenoxy) is 2. The number of pyridine rings is 1. The van der Waals surface area contributed by atoms with Gasteiger partial charge >= 0.3 is 0 Å². The topological polar surface area (TPSA) is 79.6 Å². The molecular weight excluding hydrogens is 522 g/mol. The van der Waals surface area contributed by atoms with E-state index in [9.17, 15) is 9.59 Å². The van der Waals surface area contributed by atoms with Crippen molar-refractivity contribution in [3.63, 3.8) is 0 Å². The number of carbonyl (C=O) groups is 1. The molecule has 9 nitrogen and oxygen atoms in total. The van der Waals surface area contributed by atoms with Crippen molar-refractivity contribution in [1.29, 1.82) is 0 Å². The number of hydrogen-bond acceptors (Lipinski definition) is 9. The minimum atomic E-state index is -0.215. The summed E-state index contributed by atoms with van der Waals surface area (Å²) < 4.78 is 12.4. The second-order valence-electron chi connectivity index (χ2n) is 8.93. The van der Waals surface area contributed by atoms with Gasteiger partial charge in [-0.3, -0.25) is 18.9 Å². The van der Waals surface area contributed by atoms with Gasteiger partial charge in [-0.25, -0.2) is 4.98 Å². The van der Waals surface area contributed by atoms with E-state index < -0.39 is 0 Å². The predicted molar refractivity (Wildman–Crippen MR) is 155 cm³/mol. The summed E-state index contributed by atoms with van der Waals surface area (Å²) in [7, 11) is 3.28. The van der Waals surface area contributed by atoms with Gasteiger partial charge in [-0.1, -0.05) is 30.0 Å². The van der Waals surface area contributed by atoms with Crippen LogP contribution in [0.3, 0.4) is 0 Å². The number of rotatable bonds is 8. The van der Waals surface area contributed by atoms with Crippen LogP contribution in [0.1, 0.15) is 12.0 Å². The number of methoxy groups -OCH3 is 2. The minimum Gasteiger partial charge on any atom is -0.497 e. The Balaban J connectivity index is 1.45. The summed E-state index contributed by atoms with van der Waals surface area (Å²) in [5.41, 5.74) is 1.86. The van der Waals surface area contributed by atoms with E-state index >= 15 is 0 Å². The average molecular weight is 552 g/mol. The van der Waals surface area contributed by atoms with Crippen molar-refractivity contribution in [2.24, 2.45) is 0 Å². The lowest BCUT2D eigenvalue weighted by molar-refractivity contribution is -0.122. The number of fused-ring (bicyclic) bond motifs is 1. The fraction of sp³-hybridized carbons (Fsp3) is 0.333. The molecule has 38 heavy (non-hydrogen) atoms. The molecular formula is C27H29N5O4S2. The summed E-state index contributed by atoms with van der Waals surface area (Å²) in [5, 5.41) is 0. The molecule has 0 atom stereocenters. The molecule has 0 bridgehead atoms. The molecule has 2 aliphatic heterocycles. The molecule has 4 heterocycles. The van der Waals surface area contributed by atoms with Gasteiger partial charge in [0.25, 0.3) is 11.5 Å². The molecule has 0 N–H and O–H groups in total. The van der Waals surface area contributed by atoms with E-state index in [0.717, 1.165) is 24.5 Å². The number of hydrogen-bond donors (Lipinski definition) is 0. The maximum absolute atomic E-state index is 13.7. The predicted octanol–water partition coefficient (Wildman–Crippen LogP) is 3.27. The lowest BCUT2D eigenvalue weighted by Crippen LogP contribution is -2.47. The van der Waals surface area contributed by atoms with Gasteiger partial charge in [0, 0.05) is 58.3 Å². The smallest absolute Gasteiger partial charge is 0.267 e. The van der Waals surface area contributed by atoms with Crippen molar-refractivity contribution >= 4 is 57.4 Å². The first kappa shape index (κ1) is 26.2. The molecule has 5 rings (SSSR count). The van der Waals surface area contributed by atoms with E-state index in [-0.39, 0.29) is 11.5 Å². The average Bonchev–Trinajstić information content (AvgIpc) is 3.22. The Kier molecular flexibility index (Phi) is 7.96. The molecule has 2 fully saturated rings. The lowest BCUT2D eigenvalue weighted by atomic mass is 10.2. The van der Waals surface area contributed by atoms with Gasteiger partial charge in [-0.2, -0.15) is 0 Å². The Morgan fingerprint density at radius 3 is 2.47 bits per heavy atom. The van der Waals surface area contributed by atoms with Crippen LogP contribution in [0.5, 0.6) is 5.75 Å². The maximum Gasteiger partial charge on any atom is 0.267 e. The zero-order valence-electron chi connectivity index (χ0n) is 21.3. The third-order valence-electron chi connectivity index (χ3n) is 6.64. The van der Waals surface area contributed by atoms with Crippen molar-refractivity contribution in [2.45, 2.75) is 6.42 Å². The van der Waals surface area contributed by atoms with Crippen LogP contribution in [0.2, 0.25) is 0 Å². The van der Waals surface area contributed by atoms with E-state index in [2.05, 4.69) is 21.9 Å². The van der Waals surface area contributed by atoms with Crippen molar-refractivity contribution in [1.82, 2.24) is 14.3 Å². The molecule has 11 heteroatoms. The van der Waals surface area contributed by atoms with Crippen LogP contribution in [0, 0.1) is 0 Å². The monoisotopic (exact) mass is 551 g/mol. The Morgan fingerprint density at radius 1 is 1.03 bits per heavy atom.